The Balaban J connectivity index is 1.31. The highest BCUT2D eigenvalue weighted by atomic mass is 16.1. The van der Waals surface area contributed by atoms with Crippen LogP contribution in [-0.4, -0.2) is 65.1 Å². The lowest BCUT2D eigenvalue weighted by Gasteiger charge is -2.31. The zero-order valence-electron chi connectivity index (χ0n) is 18.3. The van der Waals surface area contributed by atoms with E-state index in [1.54, 1.807) is 23.3 Å². The van der Waals surface area contributed by atoms with E-state index in [2.05, 4.69) is 37.2 Å². The smallest absolute Gasteiger partial charge is 0.171 e. The molecule has 1 aliphatic rings. The summed E-state index contributed by atoms with van der Waals surface area (Å²) in [6, 6.07) is 4.26. The Labute approximate surface area is 186 Å². The molecule has 0 unspecified atom stereocenters. The lowest BCUT2D eigenvalue weighted by molar-refractivity contribution is 0.0991. The summed E-state index contributed by atoms with van der Waals surface area (Å²) in [6.45, 7) is 5.44. The molecular weight excluding hydrogens is 404 g/mol. The molecule has 9 heteroatoms. The number of aryl methyl sites for hydroxylation is 1. The second-order valence-electron chi connectivity index (χ2n) is 8.34. The molecule has 1 fully saturated rings. The third-order valence-electron chi connectivity index (χ3n) is 6.17. The van der Waals surface area contributed by atoms with Gasteiger partial charge in [0.25, 0.3) is 0 Å². The molecule has 0 N–H and O–H groups in total. The van der Waals surface area contributed by atoms with E-state index in [0.29, 0.717) is 17.3 Å². The minimum Gasteiger partial charge on any atom is -0.303 e. The van der Waals surface area contributed by atoms with Crippen LogP contribution in [0, 0.1) is 0 Å². The van der Waals surface area contributed by atoms with Crippen LogP contribution in [0.3, 0.4) is 0 Å². The molecule has 1 aliphatic heterocycles. The molecule has 0 spiro atoms. The Morgan fingerprint density at radius 2 is 1.84 bits per heavy atom. The van der Waals surface area contributed by atoms with Gasteiger partial charge in [0.1, 0.15) is 5.69 Å². The quantitative estimate of drug-likeness (QED) is 0.434. The van der Waals surface area contributed by atoms with E-state index < -0.39 is 0 Å². The molecule has 0 radical (unpaired) electrons. The van der Waals surface area contributed by atoms with Gasteiger partial charge in [-0.1, -0.05) is 12.1 Å². The number of piperidine rings is 1. The Morgan fingerprint density at radius 1 is 1.03 bits per heavy atom. The second-order valence-corrected chi connectivity index (χ2v) is 8.34. The van der Waals surface area contributed by atoms with Gasteiger partial charge in [0.2, 0.25) is 0 Å². The third kappa shape index (κ3) is 4.16. The summed E-state index contributed by atoms with van der Waals surface area (Å²) in [5, 5.41) is 14.5. The van der Waals surface area contributed by atoms with Gasteiger partial charge in [-0.2, -0.15) is 5.10 Å². The lowest BCUT2D eigenvalue weighted by atomic mass is 10.1. The van der Waals surface area contributed by atoms with Crippen molar-refractivity contribution >= 4 is 16.6 Å². The van der Waals surface area contributed by atoms with Crippen LogP contribution in [0.1, 0.15) is 41.9 Å². The highest BCUT2D eigenvalue weighted by molar-refractivity contribution is 5.97. The fourth-order valence-electron chi connectivity index (χ4n) is 4.23. The number of aromatic nitrogens is 7. The number of fused-ring (bicyclic) bond motifs is 1. The van der Waals surface area contributed by atoms with Gasteiger partial charge in [0, 0.05) is 49.8 Å². The number of carbonyl (C=O) groups excluding carboxylic acids is 1. The van der Waals surface area contributed by atoms with Crippen LogP contribution in [0.25, 0.3) is 22.2 Å². The van der Waals surface area contributed by atoms with Crippen LogP contribution in [0.15, 0.2) is 43.1 Å². The number of likely N-dealkylation sites (tertiary alicyclic amines) is 1. The van der Waals surface area contributed by atoms with Crippen LogP contribution in [0.5, 0.6) is 0 Å². The maximum absolute atomic E-state index is 12.9. The Bertz CT molecular complexity index is 1250. The fourth-order valence-corrected chi connectivity index (χ4v) is 4.23. The minimum atomic E-state index is 0.0253. The summed E-state index contributed by atoms with van der Waals surface area (Å²) in [7, 11) is 1.82. The van der Waals surface area contributed by atoms with Crippen LogP contribution >= 0.6 is 0 Å². The summed E-state index contributed by atoms with van der Waals surface area (Å²) >= 11 is 0. The molecule has 4 aromatic rings. The maximum Gasteiger partial charge on any atom is 0.171 e. The van der Waals surface area contributed by atoms with Gasteiger partial charge in [0.05, 0.1) is 36.1 Å². The van der Waals surface area contributed by atoms with Gasteiger partial charge in [-0.05, 0) is 36.9 Å². The molecule has 0 atom stereocenters. The predicted octanol–water partition coefficient (Wildman–Crippen LogP) is 2.70. The molecule has 0 bridgehead atoms. The normalized spacial score (nSPS) is 15.4. The Kier molecular flexibility index (Phi) is 5.48. The van der Waals surface area contributed by atoms with Gasteiger partial charge < -0.3 is 4.90 Å². The molecular formula is C23H26N8O. The van der Waals surface area contributed by atoms with Gasteiger partial charge >= 0.3 is 0 Å². The van der Waals surface area contributed by atoms with Crippen molar-refractivity contribution in [3.05, 3.63) is 54.4 Å². The zero-order valence-corrected chi connectivity index (χ0v) is 18.3. The molecule has 9 nitrogen and oxygen atoms in total. The average molecular weight is 431 g/mol. The minimum absolute atomic E-state index is 0.0253. The lowest BCUT2D eigenvalue weighted by Crippen LogP contribution is -2.34. The third-order valence-corrected chi connectivity index (χ3v) is 6.17. The maximum atomic E-state index is 12.9. The van der Waals surface area contributed by atoms with Crippen molar-refractivity contribution in [2.75, 3.05) is 19.6 Å². The van der Waals surface area contributed by atoms with Crippen molar-refractivity contribution in [2.24, 2.45) is 7.05 Å². The van der Waals surface area contributed by atoms with Gasteiger partial charge in [0.15, 0.2) is 5.78 Å². The molecule has 5 heterocycles. The van der Waals surface area contributed by atoms with Crippen LogP contribution in [0.2, 0.25) is 0 Å². The van der Waals surface area contributed by atoms with Gasteiger partial charge in [-0.15, -0.1) is 5.10 Å². The number of hydrogen-bond donors (Lipinski definition) is 0. The molecule has 4 aromatic heterocycles. The second kappa shape index (κ2) is 8.58. The van der Waals surface area contributed by atoms with E-state index in [9.17, 15) is 4.79 Å². The first-order valence-electron chi connectivity index (χ1n) is 11.0. The van der Waals surface area contributed by atoms with E-state index in [-0.39, 0.29) is 12.2 Å². The zero-order chi connectivity index (χ0) is 22.1. The SMILES string of the molecule is CCN1CCC(n2cc(C(=O)Cc3cc4cc(-c5cn(C)nn5)ncc4cn3)cn2)CC1. The van der Waals surface area contributed by atoms with Crippen molar-refractivity contribution in [3.63, 3.8) is 0 Å². The molecule has 0 amide bonds. The van der Waals surface area contributed by atoms with Gasteiger partial charge in [-0.25, -0.2) is 0 Å². The number of hydrogen-bond acceptors (Lipinski definition) is 7. The van der Waals surface area contributed by atoms with Crippen LogP contribution in [0.4, 0.5) is 0 Å². The van der Waals surface area contributed by atoms with Crippen molar-refractivity contribution < 1.29 is 4.79 Å². The number of ketones is 1. The van der Waals surface area contributed by atoms with Crippen molar-refractivity contribution in [2.45, 2.75) is 32.2 Å². The average Bonchev–Trinajstić information content (AvgIpc) is 3.48. The van der Waals surface area contributed by atoms with E-state index in [4.69, 9.17) is 0 Å². The van der Waals surface area contributed by atoms with Crippen molar-refractivity contribution in [1.29, 1.82) is 0 Å². The van der Waals surface area contributed by atoms with E-state index in [1.165, 1.54) is 0 Å². The van der Waals surface area contributed by atoms with E-state index >= 15 is 0 Å². The predicted molar refractivity (Wildman–Crippen MR) is 120 cm³/mol. The number of pyridine rings is 2. The summed E-state index contributed by atoms with van der Waals surface area (Å²) in [5.41, 5.74) is 2.81. The molecule has 1 saturated heterocycles. The topological polar surface area (TPSA) is 94.6 Å². The molecule has 164 valence electrons. The number of carbonyl (C=O) groups is 1. The fraction of sp³-hybridized carbons (Fsp3) is 0.391. The van der Waals surface area contributed by atoms with Crippen LogP contribution in [-0.2, 0) is 13.5 Å². The number of Topliss-reactive ketones (excluding diaryl/α,β-unsaturated/α-hetero) is 1. The largest absolute Gasteiger partial charge is 0.303 e. The van der Waals surface area contributed by atoms with E-state index in [0.717, 1.165) is 54.6 Å². The summed E-state index contributed by atoms with van der Waals surface area (Å²) in [6.07, 6.45) is 11.3. The van der Waals surface area contributed by atoms with Gasteiger partial charge in [-0.3, -0.25) is 24.1 Å². The van der Waals surface area contributed by atoms with Crippen molar-refractivity contribution in [3.8, 4) is 11.4 Å². The standard InChI is InChI=1S/C23H26N8O/c1-3-30-6-4-20(5-7-30)31-14-18(13-26-31)23(32)10-19-8-16-9-21(22-15-29(2)28-27-22)25-12-17(16)11-24-19/h8-9,11-15,20H,3-7,10H2,1-2H3. The monoisotopic (exact) mass is 430 g/mol. The Hall–Kier alpha value is -3.46. The molecule has 32 heavy (non-hydrogen) atoms. The molecule has 5 rings (SSSR count). The molecule has 0 aliphatic carbocycles. The summed E-state index contributed by atoms with van der Waals surface area (Å²) < 4.78 is 3.61. The molecule has 0 saturated carbocycles. The summed E-state index contributed by atoms with van der Waals surface area (Å²) in [5.74, 6) is 0.0253. The molecule has 0 aromatic carbocycles. The van der Waals surface area contributed by atoms with Crippen LogP contribution < -0.4 is 0 Å². The number of rotatable bonds is 6. The van der Waals surface area contributed by atoms with E-state index in [1.807, 2.05) is 36.3 Å². The summed E-state index contributed by atoms with van der Waals surface area (Å²) in [4.78, 5) is 24.3. The van der Waals surface area contributed by atoms with Crippen molar-refractivity contribution in [1.82, 2.24) is 39.6 Å². The first-order valence-corrected chi connectivity index (χ1v) is 11.0. The highest BCUT2D eigenvalue weighted by Gasteiger charge is 2.21. The Morgan fingerprint density at radius 3 is 2.59 bits per heavy atom. The first-order chi connectivity index (χ1) is 15.6. The first kappa shape index (κ1) is 20.4. The number of nitrogens with zero attached hydrogens (tertiary/aromatic N) is 8. The highest BCUT2D eigenvalue weighted by Crippen LogP contribution is 2.23.